The van der Waals surface area contributed by atoms with Gasteiger partial charge in [0.2, 0.25) is 5.91 Å². The molecule has 126 valence electrons. The van der Waals surface area contributed by atoms with E-state index in [2.05, 4.69) is 39.6 Å². The lowest BCUT2D eigenvalue weighted by Gasteiger charge is -2.43. The van der Waals surface area contributed by atoms with Crippen LogP contribution in [-0.4, -0.2) is 46.8 Å². The number of hydrogen-bond acceptors (Lipinski definition) is 3. The molecule has 0 bridgehead atoms. The van der Waals surface area contributed by atoms with Gasteiger partial charge in [0.15, 0.2) is 0 Å². The second-order valence-electron chi connectivity index (χ2n) is 7.11. The van der Waals surface area contributed by atoms with Crippen LogP contribution < -0.4 is 5.32 Å². The molecule has 2 heterocycles. The summed E-state index contributed by atoms with van der Waals surface area (Å²) in [5, 5.41) is 7.43. The molecule has 5 heteroatoms. The topological polar surface area (TPSA) is 50.2 Å². The molecule has 0 spiro atoms. The van der Waals surface area contributed by atoms with Gasteiger partial charge in [-0.15, -0.1) is 0 Å². The molecule has 1 amide bonds. The van der Waals surface area contributed by atoms with Crippen molar-refractivity contribution in [3.63, 3.8) is 0 Å². The molecule has 2 aliphatic rings. The number of carbonyl (C=O) groups is 1. The number of hydrogen-bond donors (Lipinski definition) is 1. The molecule has 1 saturated heterocycles. The Morgan fingerprint density at radius 1 is 1.21 bits per heavy atom. The van der Waals surface area contributed by atoms with Crippen LogP contribution in [0.2, 0.25) is 0 Å². The van der Waals surface area contributed by atoms with Gasteiger partial charge in [0.25, 0.3) is 0 Å². The molecule has 4 rings (SSSR count). The van der Waals surface area contributed by atoms with Crippen molar-refractivity contribution in [2.45, 2.75) is 30.7 Å². The highest BCUT2D eigenvalue weighted by Crippen LogP contribution is 2.43. The first kappa shape index (κ1) is 15.4. The van der Waals surface area contributed by atoms with Crippen LogP contribution in [0.25, 0.3) is 0 Å². The van der Waals surface area contributed by atoms with Gasteiger partial charge in [0.1, 0.15) is 0 Å². The summed E-state index contributed by atoms with van der Waals surface area (Å²) in [5.41, 5.74) is 1.52. The van der Waals surface area contributed by atoms with Gasteiger partial charge in [-0.05, 0) is 24.5 Å². The number of rotatable bonds is 6. The maximum absolute atomic E-state index is 12.3. The van der Waals surface area contributed by atoms with Crippen LogP contribution in [0.1, 0.15) is 30.9 Å². The number of likely N-dealkylation sites (tertiary alicyclic amines) is 1. The summed E-state index contributed by atoms with van der Waals surface area (Å²) >= 11 is 0. The SMILES string of the molecule is O=C(CN1CC(n2cccn2)C1)NCC1(c2ccccc2)CCC1. The smallest absolute Gasteiger partial charge is 0.234 e. The number of nitrogens with one attached hydrogen (secondary N) is 1. The van der Waals surface area contributed by atoms with E-state index in [0.717, 1.165) is 19.6 Å². The fourth-order valence-corrected chi connectivity index (χ4v) is 3.83. The van der Waals surface area contributed by atoms with Crippen LogP contribution in [0.15, 0.2) is 48.8 Å². The van der Waals surface area contributed by atoms with Gasteiger partial charge in [-0.2, -0.15) is 5.10 Å². The van der Waals surface area contributed by atoms with Gasteiger partial charge in [0.05, 0.1) is 12.6 Å². The predicted octanol–water partition coefficient (Wildman–Crippen LogP) is 1.98. The van der Waals surface area contributed by atoms with E-state index in [1.54, 1.807) is 6.20 Å². The molecule has 1 aromatic heterocycles. The summed E-state index contributed by atoms with van der Waals surface area (Å²) in [7, 11) is 0. The number of aromatic nitrogens is 2. The Morgan fingerprint density at radius 3 is 2.62 bits per heavy atom. The molecule has 1 aliphatic carbocycles. The minimum atomic E-state index is 0.135. The summed E-state index contributed by atoms with van der Waals surface area (Å²) in [4.78, 5) is 14.5. The second-order valence-corrected chi connectivity index (χ2v) is 7.11. The standard InChI is InChI=1S/C19H24N4O/c24-18(14-22-12-17(13-22)23-11-5-10-21-23)20-15-19(8-4-9-19)16-6-2-1-3-7-16/h1-3,5-7,10-11,17H,4,8-9,12-15H2,(H,20,24). The lowest BCUT2D eigenvalue weighted by Crippen LogP contribution is -2.53. The second kappa shape index (κ2) is 6.40. The van der Waals surface area contributed by atoms with Crippen molar-refractivity contribution in [1.82, 2.24) is 20.0 Å². The van der Waals surface area contributed by atoms with E-state index in [4.69, 9.17) is 0 Å². The van der Waals surface area contributed by atoms with Crippen LogP contribution >= 0.6 is 0 Å². The zero-order chi connectivity index (χ0) is 16.4. The molecule has 2 aromatic rings. The zero-order valence-electron chi connectivity index (χ0n) is 13.9. The van der Waals surface area contributed by atoms with Gasteiger partial charge in [-0.1, -0.05) is 36.8 Å². The maximum Gasteiger partial charge on any atom is 0.234 e. The molecule has 0 unspecified atom stereocenters. The number of benzene rings is 1. The molecule has 0 radical (unpaired) electrons. The van der Waals surface area contributed by atoms with E-state index in [1.807, 2.05) is 23.0 Å². The molecule has 24 heavy (non-hydrogen) atoms. The first-order chi connectivity index (χ1) is 11.8. The lowest BCUT2D eigenvalue weighted by atomic mass is 9.64. The van der Waals surface area contributed by atoms with Crippen molar-refractivity contribution < 1.29 is 4.79 Å². The molecular weight excluding hydrogens is 300 g/mol. The molecule has 1 aromatic carbocycles. The number of amides is 1. The van der Waals surface area contributed by atoms with Crippen molar-refractivity contribution in [1.29, 1.82) is 0 Å². The Morgan fingerprint density at radius 2 is 2.00 bits per heavy atom. The first-order valence-electron chi connectivity index (χ1n) is 8.79. The summed E-state index contributed by atoms with van der Waals surface area (Å²) in [6.45, 7) is 3.05. The average Bonchev–Trinajstić information content (AvgIpc) is 3.04. The Bertz CT molecular complexity index is 673. The van der Waals surface area contributed by atoms with Gasteiger partial charge in [-0.25, -0.2) is 0 Å². The summed E-state index contributed by atoms with van der Waals surface area (Å²) in [5.74, 6) is 0.135. The third-order valence-corrected chi connectivity index (χ3v) is 5.52. The van der Waals surface area contributed by atoms with Gasteiger partial charge >= 0.3 is 0 Å². The van der Waals surface area contributed by atoms with E-state index in [1.165, 1.54) is 24.8 Å². The first-order valence-corrected chi connectivity index (χ1v) is 8.79. The third kappa shape index (κ3) is 2.96. The molecular formula is C19H24N4O. The van der Waals surface area contributed by atoms with E-state index >= 15 is 0 Å². The van der Waals surface area contributed by atoms with Crippen LogP contribution in [0, 0.1) is 0 Å². The normalized spacial score (nSPS) is 20.2. The largest absolute Gasteiger partial charge is 0.354 e. The van der Waals surface area contributed by atoms with Crippen molar-refractivity contribution in [3.05, 3.63) is 54.4 Å². The highest BCUT2D eigenvalue weighted by atomic mass is 16.2. The van der Waals surface area contributed by atoms with E-state index < -0.39 is 0 Å². The van der Waals surface area contributed by atoms with E-state index in [0.29, 0.717) is 12.6 Å². The molecule has 1 N–H and O–H groups in total. The third-order valence-electron chi connectivity index (χ3n) is 5.52. The van der Waals surface area contributed by atoms with Crippen molar-refractivity contribution in [2.24, 2.45) is 0 Å². The molecule has 2 fully saturated rings. The Labute approximate surface area is 142 Å². The summed E-state index contributed by atoms with van der Waals surface area (Å²) < 4.78 is 1.98. The van der Waals surface area contributed by atoms with Crippen LogP contribution in [0.5, 0.6) is 0 Å². The van der Waals surface area contributed by atoms with Gasteiger partial charge in [-0.3, -0.25) is 14.4 Å². The van der Waals surface area contributed by atoms with E-state index in [-0.39, 0.29) is 11.3 Å². The molecule has 5 nitrogen and oxygen atoms in total. The molecule has 1 aliphatic heterocycles. The Kier molecular flexibility index (Phi) is 4.10. The van der Waals surface area contributed by atoms with Crippen molar-refractivity contribution in [3.8, 4) is 0 Å². The monoisotopic (exact) mass is 324 g/mol. The minimum absolute atomic E-state index is 0.135. The van der Waals surface area contributed by atoms with Crippen LogP contribution in [0.4, 0.5) is 0 Å². The maximum atomic E-state index is 12.3. The quantitative estimate of drug-likeness (QED) is 0.884. The van der Waals surface area contributed by atoms with Crippen LogP contribution in [-0.2, 0) is 10.2 Å². The average molecular weight is 324 g/mol. The minimum Gasteiger partial charge on any atom is -0.354 e. The van der Waals surface area contributed by atoms with Gasteiger partial charge in [0, 0.05) is 37.4 Å². The predicted molar refractivity (Wildman–Crippen MR) is 92.7 cm³/mol. The Hall–Kier alpha value is -2.14. The fraction of sp³-hybridized carbons (Fsp3) is 0.474. The Balaban J connectivity index is 1.25. The fourth-order valence-electron chi connectivity index (χ4n) is 3.83. The van der Waals surface area contributed by atoms with Gasteiger partial charge < -0.3 is 5.32 Å². The highest BCUT2D eigenvalue weighted by molar-refractivity contribution is 5.78. The van der Waals surface area contributed by atoms with Crippen molar-refractivity contribution >= 4 is 5.91 Å². The van der Waals surface area contributed by atoms with E-state index in [9.17, 15) is 4.79 Å². The molecule has 0 atom stereocenters. The highest BCUT2D eigenvalue weighted by Gasteiger charge is 2.39. The molecule has 1 saturated carbocycles. The number of nitrogens with zero attached hydrogens (tertiary/aromatic N) is 3. The van der Waals surface area contributed by atoms with Crippen molar-refractivity contribution in [2.75, 3.05) is 26.2 Å². The lowest BCUT2D eigenvalue weighted by molar-refractivity contribution is -0.124. The summed E-state index contributed by atoms with van der Waals surface area (Å²) in [6.07, 6.45) is 7.38. The van der Waals surface area contributed by atoms with Crippen LogP contribution in [0.3, 0.4) is 0 Å². The summed E-state index contributed by atoms with van der Waals surface area (Å²) in [6, 6.07) is 13.0. The zero-order valence-corrected chi connectivity index (χ0v) is 13.9. The number of carbonyl (C=O) groups excluding carboxylic acids is 1.